The lowest BCUT2D eigenvalue weighted by molar-refractivity contribution is 0.628. The number of rotatable bonds is 4. The molecular formula is C16H15F2N3Si. The Bertz CT molecular complexity index is 695. The predicted octanol–water partition coefficient (Wildman–Crippen LogP) is 1.99. The molecule has 22 heavy (non-hydrogen) atoms. The number of benzene rings is 2. The SMILES string of the molecule is C[Si](Cn1cncn1)(c1ccc(F)cc1)c1ccc(F)cc1. The van der Waals surface area contributed by atoms with Crippen molar-refractivity contribution in [1.82, 2.24) is 14.8 Å². The Labute approximate surface area is 128 Å². The lowest BCUT2D eigenvalue weighted by atomic mass is 10.3. The molecule has 0 bridgehead atoms. The monoisotopic (exact) mass is 315 g/mol. The van der Waals surface area contributed by atoms with Gasteiger partial charge >= 0.3 is 0 Å². The zero-order valence-electron chi connectivity index (χ0n) is 12.1. The number of halogens is 2. The zero-order chi connectivity index (χ0) is 15.6. The molecule has 0 atom stereocenters. The van der Waals surface area contributed by atoms with Crippen molar-refractivity contribution in [2.45, 2.75) is 12.7 Å². The summed E-state index contributed by atoms with van der Waals surface area (Å²) in [5.41, 5.74) is 0. The van der Waals surface area contributed by atoms with Gasteiger partial charge in [0.25, 0.3) is 0 Å². The maximum Gasteiger partial charge on any atom is 0.137 e. The lowest BCUT2D eigenvalue weighted by Crippen LogP contribution is -2.59. The van der Waals surface area contributed by atoms with Crippen LogP contribution in [0.15, 0.2) is 61.2 Å². The summed E-state index contributed by atoms with van der Waals surface area (Å²) in [5.74, 6) is -0.528. The average molecular weight is 315 g/mol. The minimum absolute atomic E-state index is 0.264. The number of nitrogens with zero attached hydrogens (tertiary/aromatic N) is 3. The molecule has 3 rings (SSSR count). The van der Waals surface area contributed by atoms with Crippen LogP contribution < -0.4 is 10.4 Å². The Balaban J connectivity index is 2.08. The van der Waals surface area contributed by atoms with Crippen molar-refractivity contribution in [2.24, 2.45) is 0 Å². The van der Waals surface area contributed by atoms with E-state index in [4.69, 9.17) is 0 Å². The fourth-order valence-electron chi connectivity index (χ4n) is 2.62. The highest BCUT2D eigenvalue weighted by Gasteiger charge is 2.33. The van der Waals surface area contributed by atoms with Gasteiger partial charge in [0.1, 0.15) is 32.4 Å². The molecule has 112 valence electrons. The standard InChI is InChI=1S/C16H15F2N3Si/c1-22(12-21-11-19-10-20-21,15-6-2-13(17)3-7-15)16-8-4-14(18)5-9-16/h2-11H,12H2,1H3. The summed E-state index contributed by atoms with van der Waals surface area (Å²) >= 11 is 0. The van der Waals surface area contributed by atoms with Crippen molar-refractivity contribution in [3.05, 3.63) is 72.8 Å². The first kappa shape index (κ1) is 14.6. The molecular weight excluding hydrogens is 300 g/mol. The average Bonchev–Trinajstić information content (AvgIpc) is 3.01. The molecule has 0 aliphatic heterocycles. The van der Waals surface area contributed by atoms with Crippen molar-refractivity contribution < 1.29 is 8.78 Å². The van der Waals surface area contributed by atoms with Gasteiger partial charge in [-0.2, -0.15) is 5.10 Å². The van der Waals surface area contributed by atoms with E-state index in [1.54, 1.807) is 11.0 Å². The zero-order valence-corrected chi connectivity index (χ0v) is 13.1. The van der Waals surface area contributed by atoms with E-state index in [2.05, 4.69) is 16.6 Å². The van der Waals surface area contributed by atoms with Gasteiger partial charge in [-0.05, 0) is 24.3 Å². The van der Waals surface area contributed by atoms with Gasteiger partial charge in [0, 0.05) is 6.17 Å². The van der Waals surface area contributed by atoms with Gasteiger partial charge in [0.05, 0.1) is 0 Å². The molecule has 0 aliphatic carbocycles. The number of aromatic nitrogens is 3. The summed E-state index contributed by atoms with van der Waals surface area (Å²) in [6.45, 7) is 2.16. The van der Waals surface area contributed by atoms with Crippen LogP contribution in [0.1, 0.15) is 0 Å². The molecule has 0 radical (unpaired) electrons. The van der Waals surface area contributed by atoms with Crippen LogP contribution >= 0.6 is 0 Å². The summed E-state index contributed by atoms with van der Waals surface area (Å²) in [4.78, 5) is 3.98. The molecule has 0 saturated carbocycles. The third-order valence-corrected chi connectivity index (χ3v) is 8.08. The second kappa shape index (κ2) is 5.80. The van der Waals surface area contributed by atoms with E-state index >= 15 is 0 Å². The molecule has 0 N–H and O–H groups in total. The van der Waals surface area contributed by atoms with Gasteiger partial charge in [-0.15, -0.1) is 0 Å². The molecule has 0 saturated heterocycles. The van der Waals surface area contributed by atoms with Gasteiger partial charge in [0.2, 0.25) is 0 Å². The molecule has 3 aromatic rings. The third-order valence-electron chi connectivity index (χ3n) is 3.91. The molecule has 0 aliphatic rings. The first-order valence-corrected chi connectivity index (χ1v) is 9.63. The van der Waals surface area contributed by atoms with Crippen LogP contribution in [0.2, 0.25) is 6.55 Å². The van der Waals surface area contributed by atoms with Crippen molar-refractivity contribution in [3.8, 4) is 0 Å². The van der Waals surface area contributed by atoms with E-state index in [1.165, 1.54) is 30.6 Å². The molecule has 6 heteroatoms. The smallest absolute Gasteiger partial charge is 0.137 e. The van der Waals surface area contributed by atoms with Gasteiger partial charge in [-0.25, -0.2) is 13.8 Å². The van der Waals surface area contributed by atoms with Crippen molar-refractivity contribution in [2.75, 3.05) is 0 Å². The predicted molar refractivity (Wildman–Crippen MR) is 83.7 cm³/mol. The quantitative estimate of drug-likeness (QED) is 0.689. The van der Waals surface area contributed by atoms with E-state index in [0.717, 1.165) is 10.4 Å². The van der Waals surface area contributed by atoms with Crippen LogP contribution in [0.25, 0.3) is 0 Å². The van der Waals surface area contributed by atoms with E-state index in [0.29, 0.717) is 6.17 Å². The fourth-order valence-corrected chi connectivity index (χ4v) is 5.94. The number of hydrogen-bond acceptors (Lipinski definition) is 2. The highest BCUT2D eigenvalue weighted by atomic mass is 28.3. The number of hydrogen-bond donors (Lipinski definition) is 0. The minimum Gasteiger partial charge on any atom is -0.255 e. The van der Waals surface area contributed by atoms with Gasteiger partial charge in [-0.3, -0.25) is 4.68 Å². The normalized spacial score (nSPS) is 11.6. The molecule has 2 aromatic carbocycles. The van der Waals surface area contributed by atoms with Gasteiger partial charge < -0.3 is 0 Å². The van der Waals surface area contributed by atoms with E-state index in [9.17, 15) is 8.78 Å². The Kier molecular flexibility index (Phi) is 3.85. The van der Waals surface area contributed by atoms with Crippen LogP contribution in [-0.2, 0) is 6.17 Å². The molecule has 3 nitrogen and oxygen atoms in total. The third kappa shape index (κ3) is 2.82. The molecule has 0 fully saturated rings. The summed E-state index contributed by atoms with van der Waals surface area (Å²) < 4.78 is 28.3. The molecule has 0 amide bonds. The van der Waals surface area contributed by atoms with Crippen LogP contribution in [0.4, 0.5) is 8.78 Å². The first-order chi connectivity index (χ1) is 10.6. The largest absolute Gasteiger partial charge is 0.255 e. The second-order valence-electron chi connectivity index (χ2n) is 5.44. The van der Waals surface area contributed by atoms with Crippen molar-refractivity contribution in [1.29, 1.82) is 0 Å². The van der Waals surface area contributed by atoms with Gasteiger partial charge in [0.15, 0.2) is 0 Å². The Hall–Kier alpha value is -2.34. The topological polar surface area (TPSA) is 30.7 Å². The minimum atomic E-state index is -2.22. The van der Waals surface area contributed by atoms with Crippen LogP contribution in [0.5, 0.6) is 0 Å². The first-order valence-electron chi connectivity index (χ1n) is 6.92. The van der Waals surface area contributed by atoms with Crippen molar-refractivity contribution in [3.63, 3.8) is 0 Å². The molecule has 1 heterocycles. The molecule has 0 spiro atoms. The van der Waals surface area contributed by atoms with E-state index < -0.39 is 8.07 Å². The van der Waals surface area contributed by atoms with Crippen LogP contribution in [0, 0.1) is 11.6 Å². The van der Waals surface area contributed by atoms with Crippen LogP contribution in [0.3, 0.4) is 0 Å². The molecule has 0 unspecified atom stereocenters. The molecule has 1 aromatic heterocycles. The summed E-state index contributed by atoms with van der Waals surface area (Å²) in [6.07, 6.45) is 3.81. The Morgan fingerprint density at radius 1 is 0.909 bits per heavy atom. The summed E-state index contributed by atoms with van der Waals surface area (Å²) in [5, 5.41) is 6.31. The summed E-state index contributed by atoms with van der Waals surface area (Å²) in [6, 6.07) is 13.1. The van der Waals surface area contributed by atoms with E-state index in [-0.39, 0.29) is 11.6 Å². The Morgan fingerprint density at radius 2 is 1.41 bits per heavy atom. The van der Waals surface area contributed by atoms with Gasteiger partial charge in [-0.1, -0.05) is 41.2 Å². The summed E-state index contributed by atoms with van der Waals surface area (Å²) in [7, 11) is -2.22. The second-order valence-corrected chi connectivity index (χ2v) is 9.57. The lowest BCUT2D eigenvalue weighted by Gasteiger charge is -2.28. The highest BCUT2D eigenvalue weighted by molar-refractivity contribution is 7.00. The van der Waals surface area contributed by atoms with Crippen molar-refractivity contribution >= 4 is 18.4 Å². The Morgan fingerprint density at radius 3 is 1.82 bits per heavy atom. The highest BCUT2D eigenvalue weighted by Crippen LogP contribution is 2.10. The van der Waals surface area contributed by atoms with Crippen LogP contribution in [-0.4, -0.2) is 22.8 Å². The maximum atomic E-state index is 13.2. The van der Waals surface area contributed by atoms with E-state index in [1.807, 2.05) is 24.3 Å². The fraction of sp³-hybridized carbons (Fsp3) is 0.125. The maximum absolute atomic E-state index is 13.2.